The van der Waals surface area contributed by atoms with Crippen LogP contribution < -0.4 is 16.8 Å². The summed E-state index contributed by atoms with van der Waals surface area (Å²) >= 11 is 5.68. The van der Waals surface area contributed by atoms with Gasteiger partial charge in [0.15, 0.2) is 22.5 Å². The van der Waals surface area contributed by atoms with Crippen LogP contribution in [0.2, 0.25) is 5.15 Å². The van der Waals surface area contributed by atoms with Crippen molar-refractivity contribution >= 4 is 35.1 Å². The van der Waals surface area contributed by atoms with Crippen molar-refractivity contribution in [3.63, 3.8) is 0 Å². The third kappa shape index (κ3) is 5.21. The summed E-state index contributed by atoms with van der Waals surface area (Å²) in [6.45, 7) is 6.93. The van der Waals surface area contributed by atoms with Gasteiger partial charge in [0, 0.05) is 11.6 Å². The molecule has 5 N–H and O–H groups in total. The number of allylic oxidation sites excluding steroid dienone is 1. The van der Waals surface area contributed by atoms with Crippen LogP contribution in [0.5, 0.6) is 0 Å². The number of hydrogen-bond acceptors (Lipinski definition) is 7. The Kier molecular flexibility index (Phi) is 5.32. The van der Waals surface area contributed by atoms with Gasteiger partial charge < -0.3 is 21.5 Å². The Morgan fingerprint density at radius 1 is 1.23 bits per heavy atom. The van der Waals surface area contributed by atoms with Crippen molar-refractivity contribution in [2.45, 2.75) is 33.2 Å². The fourth-order valence-electron chi connectivity index (χ4n) is 1.41. The van der Waals surface area contributed by atoms with Crippen LogP contribution in [0.15, 0.2) is 11.8 Å². The number of amides is 1. The molecule has 0 atom stereocenters. The molecule has 0 aromatic carbocycles. The minimum absolute atomic E-state index is 0.0703. The van der Waals surface area contributed by atoms with Gasteiger partial charge in [0.25, 0.3) is 0 Å². The van der Waals surface area contributed by atoms with Crippen LogP contribution in [0.1, 0.15) is 38.2 Å². The molecular weight excluding hydrogens is 310 g/mol. The minimum atomic E-state index is -0.885. The highest BCUT2D eigenvalue weighted by atomic mass is 35.5. The van der Waals surface area contributed by atoms with E-state index in [9.17, 15) is 9.59 Å². The topological polar surface area (TPSA) is 133 Å². The van der Waals surface area contributed by atoms with Crippen molar-refractivity contribution in [1.29, 1.82) is 0 Å². The Labute approximate surface area is 132 Å². The van der Waals surface area contributed by atoms with E-state index in [0.717, 1.165) is 6.08 Å². The molecule has 0 aliphatic carbocycles. The molecule has 0 unspecified atom stereocenters. The summed E-state index contributed by atoms with van der Waals surface area (Å²) < 4.78 is 4.98. The molecule has 1 aromatic heterocycles. The maximum absolute atomic E-state index is 11.9. The summed E-state index contributed by atoms with van der Waals surface area (Å²) in [6, 6.07) is 0. The van der Waals surface area contributed by atoms with Gasteiger partial charge in [0.2, 0.25) is 5.91 Å². The predicted molar refractivity (Wildman–Crippen MR) is 82.9 cm³/mol. The monoisotopic (exact) mass is 327 g/mol. The highest BCUT2D eigenvalue weighted by molar-refractivity contribution is 6.31. The SMILES string of the molecule is C/C(=C\C(=O)NC(C)(C)C)OC(=O)c1nc(Cl)c(N)nc1N. The number of nitrogens with two attached hydrogens (primary N) is 2. The highest BCUT2D eigenvalue weighted by Gasteiger charge is 2.19. The van der Waals surface area contributed by atoms with E-state index in [4.69, 9.17) is 27.8 Å². The quantitative estimate of drug-likeness (QED) is 0.432. The first-order chi connectivity index (χ1) is 9.99. The molecule has 1 aromatic rings. The van der Waals surface area contributed by atoms with Crippen molar-refractivity contribution < 1.29 is 14.3 Å². The Balaban J connectivity index is 2.84. The minimum Gasteiger partial charge on any atom is -0.426 e. The fourth-order valence-corrected chi connectivity index (χ4v) is 1.53. The fraction of sp³-hybridized carbons (Fsp3) is 0.385. The predicted octanol–water partition coefficient (Wildman–Crippen LogP) is 1.27. The third-order valence-corrected chi connectivity index (χ3v) is 2.46. The second-order valence-corrected chi connectivity index (χ2v) is 5.88. The number of halogens is 1. The van der Waals surface area contributed by atoms with E-state index in [-0.39, 0.29) is 28.2 Å². The average molecular weight is 328 g/mol. The van der Waals surface area contributed by atoms with Crippen LogP contribution in [0.25, 0.3) is 0 Å². The van der Waals surface area contributed by atoms with Gasteiger partial charge in [-0.3, -0.25) is 4.79 Å². The van der Waals surface area contributed by atoms with Crippen molar-refractivity contribution in [2.24, 2.45) is 0 Å². The van der Waals surface area contributed by atoms with E-state index in [2.05, 4.69) is 15.3 Å². The van der Waals surface area contributed by atoms with E-state index < -0.39 is 17.4 Å². The summed E-state index contributed by atoms with van der Waals surface area (Å²) in [7, 11) is 0. The van der Waals surface area contributed by atoms with Gasteiger partial charge in [-0.1, -0.05) is 11.6 Å². The van der Waals surface area contributed by atoms with Crippen molar-refractivity contribution in [3.05, 3.63) is 22.7 Å². The molecule has 9 heteroatoms. The normalized spacial score (nSPS) is 12.0. The summed E-state index contributed by atoms with van der Waals surface area (Å²) in [4.78, 5) is 31.0. The first kappa shape index (κ1) is 17.7. The number of nitrogen functional groups attached to an aromatic ring is 2. The molecule has 0 aliphatic rings. The molecular formula is C13H18ClN5O3. The van der Waals surface area contributed by atoms with Crippen LogP contribution in [0.4, 0.5) is 11.6 Å². The zero-order valence-electron chi connectivity index (χ0n) is 12.7. The zero-order valence-corrected chi connectivity index (χ0v) is 13.5. The molecule has 8 nitrogen and oxygen atoms in total. The lowest BCUT2D eigenvalue weighted by Crippen LogP contribution is -2.39. The number of nitrogens with zero attached hydrogens (tertiary/aromatic N) is 2. The lowest BCUT2D eigenvalue weighted by atomic mass is 10.1. The molecule has 1 heterocycles. The molecule has 0 radical (unpaired) electrons. The molecule has 0 spiro atoms. The third-order valence-electron chi connectivity index (χ3n) is 2.18. The number of carbonyl (C=O) groups is 2. The summed E-state index contributed by atoms with van der Waals surface area (Å²) in [5.41, 5.74) is 10.3. The van der Waals surface area contributed by atoms with Gasteiger partial charge in [0.1, 0.15) is 5.76 Å². The maximum atomic E-state index is 11.9. The van der Waals surface area contributed by atoms with Crippen molar-refractivity contribution in [2.75, 3.05) is 11.5 Å². The molecule has 1 amide bonds. The number of rotatable bonds is 3. The van der Waals surface area contributed by atoms with Gasteiger partial charge in [0.05, 0.1) is 0 Å². The zero-order chi connectivity index (χ0) is 17.1. The highest BCUT2D eigenvalue weighted by Crippen LogP contribution is 2.18. The second kappa shape index (κ2) is 6.61. The molecule has 0 saturated carbocycles. The van der Waals surface area contributed by atoms with E-state index in [1.807, 2.05) is 20.8 Å². The molecule has 0 aliphatic heterocycles. The van der Waals surface area contributed by atoms with Gasteiger partial charge in [-0.15, -0.1) is 0 Å². The standard InChI is InChI=1S/C13H18ClN5O3/c1-6(5-7(20)19-13(2,3)4)22-12(21)8-10(15)18-11(16)9(14)17-8/h5H,1-4H3,(H,19,20)(H4,15,16,18)/b6-5+. The average Bonchev–Trinajstić information content (AvgIpc) is 2.30. The van der Waals surface area contributed by atoms with Crippen LogP contribution in [-0.4, -0.2) is 27.4 Å². The molecule has 0 bridgehead atoms. The Morgan fingerprint density at radius 2 is 1.82 bits per heavy atom. The number of hydrogen-bond donors (Lipinski definition) is 3. The second-order valence-electron chi connectivity index (χ2n) is 5.52. The van der Waals surface area contributed by atoms with Crippen LogP contribution >= 0.6 is 11.6 Å². The van der Waals surface area contributed by atoms with Crippen molar-refractivity contribution in [3.8, 4) is 0 Å². The lowest BCUT2D eigenvalue weighted by Gasteiger charge is -2.19. The van der Waals surface area contributed by atoms with Gasteiger partial charge in [-0.05, 0) is 27.7 Å². The lowest BCUT2D eigenvalue weighted by molar-refractivity contribution is -0.117. The number of anilines is 2. The number of ether oxygens (including phenoxy) is 1. The molecule has 22 heavy (non-hydrogen) atoms. The van der Waals surface area contributed by atoms with Crippen molar-refractivity contribution in [1.82, 2.24) is 15.3 Å². The summed E-state index contributed by atoms with van der Waals surface area (Å²) in [6.07, 6.45) is 1.14. The van der Waals surface area contributed by atoms with E-state index >= 15 is 0 Å². The number of aromatic nitrogens is 2. The smallest absolute Gasteiger partial charge is 0.365 e. The number of carbonyl (C=O) groups excluding carboxylic acids is 2. The first-order valence-electron chi connectivity index (χ1n) is 6.30. The largest absolute Gasteiger partial charge is 0.426 e. The van der Waals surface area contributed by atoms with Crippen LogP contribution in [0.3, 0.4) is 0 Å². The van der Waals surface area contributed by atoms with Crippen LogP contribution in [-0.2, 0) is 9.53 Å². The maximum Gasteiger partial charge on any atom is 0.365 e. The van der Waals surface area contributed by atoms with Crippen LogP contribution in [0, 0.1) is 0 Å². The Bertz CT molecular complexity index is 637. The molecule has 0 fully saturated rings. The Morgan fingerprint density at radius 3 is 2.36 bits per heavy atom. The molecule has 0 saturated heterocycles. The molecule has 120 valence electrons. The van der Waals surface area contributed by atoms with Gasteiger partial charge in [-0.25, -0.2) is 14.8 Å². The number of esters is 1. The summed E-state index contributed by atoms with van der Waals surface area (Å²) in [5, 5.41) is 2.54. The summed E-state index contributed by atoms with van der Waals surface area (Å²) in [5.74, 6) is -1.51. The van der Waals surface area contributed by atoms with Gasteiger partial charge in [-0.2, -0.15) is 0 Å². The number of nitrogens with one attached hydrogen (secondary N) is 1. The van der Waals surface area contributed by atoms with E-state index in [0.29, 0.717) is 0 Å². The van der Waals surface area contributed by atoms with Gasteiger partial charge >= 0.3 is 5.97 Å². The molecule has 1 rings (SSSR count). The van der Waals surface area contributed by atoms with E-state index in [1.165, 1.54) is 6.92 Å². The Hall–Kier alpha value is -2.35. The van der Waals surface area contributed by atoms with E-state index in [1.54, 1.807) is 0 Å². The first-order valence-corrected chi connectivity index (χ1v) is 6.68.